The predicted octanol–water partition coefficient (Wildman–Crippen LogP) is 4.69. The molecule has 0 bridgehead atoms. The van der Waals surface area contributed by atoms with Crippen LogP contribution in [0.1, 0.15) is 38.5 Å². The summed E-state index contributed by atoms with van der Waals surface area (Å²) in [6.45, 7) is 7.47. The van der Waals surface area contributed by atoms with E-state index in [1.807, 2.05) is 0 Å². The van der Waals surface area contributed by atoms with E-state index in [0.717, 1.165) is 6.04 Å². The van der Waals surface area contributed by atoms with Gasteiger partial charge in [0.15, 0.2) is 0 Å². The molecule has 1 aromatic carbocycles. The van der Waals surface area contributed by atoms with Crippen LogP contribution in [0.4, 0.5) is 5.69 Å². The Kier molecular flexibility index (Phi) is 6.45. The predicted molar refractivity (Wildman–Crippen MR) is 98.1 cm³/mol. The van der Waals surface area contributed by atoms with Crippen molar-refractivity contribution < 1.29 is 0 Å². The zero-order chi connectivity index (χ0) is 14.6. The van der Waals surface area contributed by atoms with Gasteiger partial charge in [-0.3, -0.25) is 12.9 Å². The molecular weight excluding hydrogens is 338 g/mol. The molecule has 0 unspecified atom stereocenters. The molecule has 0 heterocycles. The molecular formula is C16H26BrMgNSi. The number of rotatable bonds is 4. The van der Waals surface area contributed by atoms with Gasteiger partial charge < -0.3 is 4.57 Å². The average Bonchev–Trinajstić information content (AvgIpc) is 2.67. The van der Waals surface area contributed by atoms with Gasteiger partial charge >= 0.3 is 18.2 Å². The number of hydrogen-bond acceptors (Lipinski definition) is 1. The van der Waals surface area contributed by atoms with E-state index in [1.54, 1.807) is 0 Å². The van der Waals surface area contributed by atoms with Crippen molar-refractivity contribution in [2.75, 3.05) is 4.57 Å². The first-order valence-corrected chi connectivity index (χ1v) is 16.0. The highest BCUT2D eigenvalue weighted by atomic mass is 79.9. The van der Waals surface area contributed by atoms with E-state index in [-0.39, 0.29) is 18.2 Å². The summed E-state index contributed by atoms with van der Waals surface area (Å²) in [6.07, 6.45) is 8.48. The number of hydrogen-bond donors (Lipinski definition) is 0. The molecule has 0 spiro atoms. The molecule has 108 valence electrons. The standard InChI is InChI=1S/C16H26NSi.BrH.Mg/c1-18(2,3)17(16-13-9-6-10-14-16)15-11-7-4-5-8-12-15;;/h9-10,13-15H,4-5,7-8,11-12H2,1-3H3;1H;/q;;+1/p-1. The Morgan fingerprint density at radius 1 is 1.00 bits per heavy atom. The van der Waals surface area contributed by atoms with Crippen LogP contribution in [0, 0.1) is 0 Å². The Morgan fingerprint density at radius 3 is 2.00 bits per heavy atom. The van der Waals surface area contributed by atoms with Crippen molar-refractivity contribution in [3.8, 4) is 0 Å². The lowest BCUT2D eigenvalue weighted by atomic mass is 10.1. The van der Waals surface area contributed by atoms with E-state index in [2.05, 4.69) is 61.4 Å². The molecule has 0 N–H and O–H groups in total. The van der Waals surface area contributed by atoms with Crippen molar-refractivity contribution >= 4 is 48.7 Å². The number of halogens is 1. The van der Waals surface area contributed by atoms with Crippen LogP contribution >= 0.6 is 12.9 Å². The molecule has 1 fully saturated rings. The molecule has 20 heavy (non-hydrogen) atoms. The maximum atomic E-state index is 3.68. The molecule has 0 atom stereocenters. The van der Waals surface area contributed by atoms with Gasteiger partial charge in [0.1, 0.15) is 8.24 Å². The maximum absolute atomic E-state index is 3.68. The van der Waals surface area contributed by atoms with E-state index < -0.39 is 8.24 Å². The normalized spacial score (nSPS) is 17.4. The van der Waals surface area contributed by atoms with Crippen molar-refractivity contribution in [1.29, 1.82) is 0 Å². The number of anilines is 1. The first-order chi connectivity index (χ1) is 9.52. The van der Waals surface area contributed by atoms with Crippen LogP contribution in [0.3, 0.4) is 0 Å². The van der Waals surface area contributed by atoms with Gasteiger partial charge in [0, 0.05) is 11.7 Å². The van der Waals surface area contributed by atoms with Crippen molar-refractivity contribution in [3.05, 3.63) is 24.3 Å². The third-order valence-electron chi connectivity index (χ3n) is 4.28. The monoisotopic (exact) mass is 363 g/mol. The summed E-state index contributed by atoms with van der Waals surface area (Å²) in [7, 11) is -1.33. The first-order valence-electron chi connectivity index (χ1n) is 7.96. The molecule has 2 rings (SSSR count). The summed E-state index contributed by atoms with van der Waals surface area (Å²) >= 11 is 3.47. The van der Waals surface area contributed by atoms with E-state index >= 15 is 0 Å². The Hall–Kier alpha value is 0.483. The molecule has 0 aromatic heterocycles. The number of nitrogens with zero attached hydrogens (tertiary/aromatic N) is 1. The van der Waals surface area contributed by atoms with Crippen LogP contribution in [0.25, 0.3) is 0 Å². The highest BCUT2D eigenvalue weighted by Crippen LogP contribution is 2.30. The van der Waals surface area contributed by atoms with Crippen molar-refractivity contribution in [1.82, 2.24) is 0 Å². The van der Waals surface area contributed by atoms with Gasteiger partial charge in [0.25, 0.3) is 0 Å². The fourth-order valence-corrected chi connectivity index (χ4v) is 7.22. The summed E-state index contributed by atoms with van der Waals surface area (Å²) in [4.78, 5) is 0. The molecule has 0 saturated heterocycles. The zero-order valence-corrected chi connectivity index (χ0v) is 17.2. The maximum Gasteiger partial charge on any atom is 0.506 e. The Bertz CT molecular complexity index is 407. The van der Waals surface area contributed by atoms with E-state index in [9.17, 15) is 0 Å². The molecule has 0 amide bonds. The SMILES string of the molecule is C[Si](C)(C)N(c1cc[c]([Mg][Br])cc1)C1CCCCCC1. The molecule has 1 saturated carbocycles. The van der Waals surface area contributed by atoms with E-state index in [0.29, 0.717) is 0 Å². The van der Waals surface area contributed by atoms with Crippen LogP contribution < -0.4 is 8.26 Å². The summed E-state index contributed by atoms with van der Waals surface area (Å²) < 4.78 is 4.32. The second-order valence-corrected chi connectivity index (χ2v) is 14.6. The molecule has 1 aromatic rings. The van der Waals surface area contributed by atoms with E-state index in [4.69, 9.17) is 0 Å². The second-order valence-electron chi connectivity index (χ2n) is 6.99. The highest BCUT2D eigenvalue weighted by Gasteiger charge is 2.31. The summed E-state index contributed by atoms with van der Waals surface area (Å²) in [5, 5.41) is 0. The van der Waals surface area contributed by atoms with Gasteiger partial charge in [-0.05, 0) is 25.0 Å². The van der Waals surface area contributed by atoms with Crippen molar-refractivity contribution in [2.24, 2.45) is 0 Å². The van der Waals surface area contributed by atoms with Crippen LogP contribution in [0.15, 0.2) is 24.3 Å². The van der Waals surface area contributed by atoms with Crippen LogP contribution in [0.5, 0.6) is 0 Å². The summed E-state index contributed by atoms with van der Waals surface area (Å²) in [5.74, 6) is 0. The van der Waals surface area contributed by atoms with Gasteiger partial charge in [-0.15, -0.1) is 0 Å². The topological polar surface area (TPSA) is 3.24 Å². The smallest absolute Gasteiger partial charge is 0.395 e. The lowest BCUT2D eigenvalue weighted by Crippen LogP contribution is -2.52. The van der Waals surface area contributed by atoms with Crippen LogP contribution in [-0.2, 0) is 0 Å². The summed E-state index contributed by atoms with van der Waals surface area (Å²) in [5.41, 5.74) is 1.47. The summed E-state index contributed by atoms with van der Waals surface area (Å²) in [6, 6.07) is 10.2. The molecule has 4 heteroatoms. The van der Waals surface area contributed by atoms with Gasteiger partial charge in [0.05, 0.1) is 0 Å². The fraction of sp³-hybridized carbons (Fsp3) is 0.625. The van der Waals surface area contributed by atoms with E-state index in [1.165, 1.54) is 47.9 Å². The largest absolute Gasteiger partial charge is 0.506 e. The second kappa shape index (κ2) is 7.66. The van der Waals surface area contributed by atoms with Gasteiger partial charge in [0.2, 0.25) is 0 Å². The average molecular weight is 365 g/mol. The minimum absolute atomic E-state index is 0.207. The fourth-order valence-electron chi connectivity index (χ4n) is 3.41. The third kappa shape index (κ3) is 4.49. The first kappa shape index (κ1) is 16.8. The van der Waals surface area contributed by atoms with Gasteiger partial charge in [-0.25, -0.2) is 0 Å². The van der Waals surface area contributed by atoms with Crippen molar-refractivity contribution in [3.63, 3.8) is 0 Å². The Balaban J connectivity index is 2.26. The van der Waals surface area contributed by atoms with Crippen LogP contribution in [-0.4, -0.2) is 32.5 Å². The number of benzene rings is 1. The molecule has 0 aliphatic heterocycles. The third-order valence-corrected chi connectivity index (χ3v) is 9.07. The van der Waals surface area contributed by atoms with Crippen molar-refractivity contribution in [2.45, 2.75) is 64.2 Å². The minimum Gasteiger partial charge on any atom is -0.395 e. The lowest BCUT2D eigenvalue weighted by Gasteiger charge is -2.43. The van der Waals surface area contributed by atoms with Crippen LogP contribution in [0.2, 0.25) is 19.6 Å². The lowest BCUT2D eigenvalue weighted by molar-refractivity contribution is 0.578. The molecule has 1 nitrogen and oxygen atoms in total. The minimum atomic E-state index is -1.33. The molecule has 0 radical (unpaired) electrons. The zero-order valence-electron chi connectivity index (χ0n) is 13.2. The quantitative estimate of drug-likeness (QED) is 0.553. The Labute approximate surface area is 141 Å². The molecule has 1 aliphatic carbocycles. The molecule has 1 aliphatic rings. The Morgan fingerprint density at radius 2 is 1.55 bits per heavy atom. The van der Waals surface area contributed by atoms with Gasteiger partial charge in [-0.2, -0.15) is 3.69 Å². The van der Waals surface area contributed by atoms with Gasteiger partial charge in [-0.1, -0.05) is 57.5 Å². The highest BCUT2D eigenvalue weighted by molar-refractivity contribution is 9.23.